The van der Waals surface area contributed by atoms with Crippen molar-refractivity contribution in [3.63, 3.8) is 0 Å². The minimum absolute atomic E-state index is 0.115. The van der Waals surface area contributed by atoms with Gasteiger partial charge in [-0.1, -0.05) is 42.8 Å². The van der Waals surface area contributed by atoms with Crippen molar-refractivity contribution in [3.8, 4) is 11.5 Å². The number of hydrogen-bond acceptors (Lipinski definition) is 5. The zero-order valence-corrected chi connectivity index (χ0v) is 15.9. The Morgan fingerprint density at radius 2 is 1.89 bits per heavy atom. The molecule has 3 rings (SSSR count). The average Bonchev–Trinajstić information content (AvgIpc) is 3.17. The maximum Gasteiger partial charge on any atom is 0.331 e. The van der Waals surface area contributed by atoms with Crippen molar-refractivity contribution in [2.24, 2.45) is 0 Å². The lowest BCUT2D eigenvalue weighted by molar-refractivity contribution is -0.144. The molecule has 0 radical (unpaired) electrons. The van der Waals surface area contributed by atoms with Gasteiger partial charge in [-0.3, -0.25) is 4.79 Å². The fraction of sp³-hybridized carbons (Fsp3) is 0.273. The second-order valence-electron chi connectivity index (χ2n) is 6.49. The highest BCUT2D eigenvalue weighted by Gasteiger charge is 2.14. The van der Waals surface area contributed by atoms with Gasteiger partial charge in [0.2, 0.25) is 6.79 Å². The van der Waals surface area contributed by atoms with Crippen molar-refractivity contribution < 1.29 is 23.8 Å². The second-order valence-corrected chi connectivity index (χ2v) is 6.49. The first kappa shape index (κ1) is 19.5. The fourth-order valence-corrected chi connectivity index (χ4v) is 2.82. The van der Waals surface area contributed by atoms with Crippen LogP contribution in [0.15, 0.2) is 48.5 Å². The van der Waals surface area contributed by atoms with Crippen LogP contribution in [0, 0.1) is 6.92 Å². The van der Waals surface area contributed by atoms with Gasteiger partial charge >= 0.3 is 5.97 Å². The largest absolute Gasteiger partial charge is 0.454 e. The number of benzene rings is 2. The highest BCUT2D eigenvalue weighted by Crippen LogP contribution is 2.32. The van der Waals surface area contributed by atoms with E-state index >= 15 is 0 Å². The Bertz CT molecular complexity index is 873. The normalized spacial score (nSPS) is 13.4. The standard InChI is InChI=1S/C22H23NO5/c1-3-18(17-8-4-15(2)5-9-17)23-21(24)13-26-22(25)11-7-16-6-10-19-20(12-16)28-14-27-19/h4-12,18H,3,13-14H2,1-2H3,(H,23,24)/b11-7+/t18-/m1/s1. The quantitative estimate of drug-likeness (QED) is 0.586. The predicted octanol–water partition coefficient (Wildman–Crippen LogP) is 3.55. The lowest BCUT2D eigenvalue weighted by atomic mass is 10.0. The van der Waals surface area contributed by atoms with Crippen LogP contribution in [-0.2, 0) is 14.3 Å². The van der Waals surface area contributed by atoms with Gasteiger partial charge in [0.1, 0.15) is 0 Å². The zero-order valence-electron chi connectivity index (χ0n) is 15.9. The average molecular weight is 381 g/mol. The van der Waals surface area contributed by atoms with E-state index in [0.29, 0.717) is 11.5 Å². The number of carbonyl (C=O) groups excluding carboxylic acids is 2. The van der Waals surface area contributed by atoms with Crippen molar-refractivity contribution >= 4 is 18.0 Å². The Balaban J connectivity index is 1.48. The number of carbonyl (C=O) groups is 2. The minimum atomic E-state index is -0.587. The van der Waals surface area contributed by atoms with Crippen LogP contribution in [0.3, 0.4) is 0 Å². The third kappa shape index (κ3) is 5.13. The summed E-state index contributed by atoms with van der Waals surface area (Å²) in [7, 11) is 0. The summed E-state index contributed by atoms with van der Waals surface area (Å²) in [5, 5.41) is 2.89. The van der Waals surface area contributed by atoms with Gasteiger partial charge in [-0.15, -0.1) is 0 Å². The molecule has 0 unspecified atom stereocenters. The predicted molar refractivity (Wildman–Crippen MR) is 105 cm³/mol. The van der Waals surface area contributed by atoms with Gasteiger partial charge < -0.3 is 19.5 Å². The summed E-state index contributed by atoms with van der Waals surface area (Å²) >= 11 is 0. The number of rotatable bonds is 7. The van der Waals surface area contributed by atoms with Crippen LogP contribution in [0.1, 0.15) is 36.1 Å². The van der Waals surface area contributed by atoms with Crippen molar-refractivity contribution in [1.82, 2.24) is 5.32 Å². The molecule has 1 aliphatic heterocycles. The Kier molecular flexibility index (Phi) is 6.32. The van der Waals surface area contributed by atoms with Crippen LogP contribution in [0.4, 0.5) is 0 Å². The van der Waals surface area contributed by atoms with E-state index in [-0.39, 0.29) is 25.3 Å². The van der Waals surface area contributed by atoms with Crippen molar-refractivity contribution in [1.29, 1.82) is 0 Å². The van der Waals surface area contributed by atoms with E-state index in [9.17, 15) is 9.59 Å². The number of ether oxygens (including phenoxy) is 3. The van der Waals surface area contributed by atoms with E-state index in [1.807, 2.05) is 38.1 Å². The van der Waals surface area contributed by atoms with E-state index in [1.165, 1.54) is 6.08 Å². The van der Waals surface area contributed by atoms with Crippen LogP contribution in [0.2, 0.25) is 0 Å². The molecule has 1 heterocycles. The molecule has 0 bridgehead atoms. The number of aryl methyl sites for hydroxylation is 1. The molecule has 1 N–H and O–H groups in total. The molecule has 0 saturated heterocycles. The van der Waals surface area contributed by atoms with Gasteiger partial charge in [0.25, 0.3) is 5.91 Å². The van der Waals surface area contributed by atoms with Gasteiger partial charge in [-0.2, -0.15) is 0 Å². The number of fused-ring (bicyclic) bond motifs is 1. The van der Waals surface area contributed by atoms with Crippen molar-refractivity contribution in [3.05, 3.63) is 65.2 Å². The molecule has 1 aliphatic rings. The smallest absolute Gasteiger partial charge is 0.331 e. The molecule has 0 saturated carbocycles. The summed E-state index contributed by atoms with van der Waals surface area (Å²) in [5.74, 6) is 0.389. The second kappa shape index (κ2) is 9.08. The Morgan fingerprint density at radius 3 is 2.64 bits per heavy atom. The molecule has 2 aromatic carbocycles. The lowest BCUT2D eigenvalue weighted by Crippen LogP contribution is -2.32. The van der Waals surface area contributed by atoms with Gasteiger partial charge in [-0.05, 0) is 42.7 Å². The molecule has 0 fully saturated rings. The van der Waals surface area contributed by atoms with Crippen molar-refractivity contribution in [2.45, 2.75) is 26.3 Å². The summed E-state index contributed by atoms with van der Waals surface area (Å²) in [6.07, 6.45) is 3.62. The first-order valence-corrected chi connectivity index (χ1v) is 9.15. The van der Waals surface area contributed by atoms with E-state index < -0.39 is 5.97 Å². The molecular formula is C22H23NO5. The Labute approximate surface area is 164 Å². The molecule has 28 heavy (non-hydrogen) atoms. The van der Waals surface area contributed by atoms with Gasteiger partial charge in [0.15, 0.2) is 18.1 Å². The van der Waals surface area contributed by atoms with E-state index in [4.69, 9.17) is 14.2 Å². The first-order valence-electron chi connectivity index (χ1n) is 9.15. The summed E-state index contributed by atoms with van der Waals surface area (Å²) in [5.41, 5.74) is 2.96. The highest BCUT2D eigenvalue weighted by atomic mass is 16.7. The zero-order chi connectivity index (χ0) is 19.9. The summed E-state index contributed by atoms with van der Waals surface area (Å²) in [4.78, 5) is 24.0. The monoisotopic (exact) mass is 381 g/mol. The molecule has 0 spiro atoms. The molecule has 1 atom stereocenters. The molecule has 146 valence electrons. The molecule has 2 aromatic rings. The van der Waals surface area contributed by atoms with Gasteiger partial charge in [-0.25, -0.2) is 4.79 Å². The molecule has 6 heteroatoms. The molecule has 1 amide bonds. The highest BCUT2D eigenvalue weighted by molar-refractivity contribution is 5.89. The number of amides is 1. The summed E-state index contributed by atoms with van der Waals surface area (Å²) in [6.45, 7) is 3.87. The number of esters is 1. The first-order chi connectivity index (χ1) is 13.5. The SMILES string of the molecule is CC[C@@H](NC(=O)COC(=O)/C=C/c1ccc2c(c1)OCO2)c1ccc(C)cc1. The van der Waals surface area contributed by atoms with Gasteiger partial charge in [0, 0.05) is 6.08 Å². The van der Waals surface area contributed by atoms with Crippen LogP contribution < -0.4 is 14.8 Å². The van der Waals surface area contributed by atoms with Crippen LogP contribution in [-0.4, -0.2) is 25.3 Å². The van der Waals surface area contributed by atoms with Gasteiger partial charge in [0.05, 0.1) is 6.04 Å². The molecule has 0 aliphatic carbocycles. The molecule has 0 aromatic heterocycles. The summed E-state index contributed by atoms with van der Waals surface area (Å²) in [6, 6.07) is 13.2. The van der Waals surface area contributed by atoms with Crippen molar-refractivity contribution in [2.75, 3.05) is 13.4 Å². The maximum absolute atomic E-state index is 12.1. The topological polar surface area (TPSA) is 73.9 Å². The van der Waals surface area contributed by atoms with E-state index in [1.54, 1.807) is 24.3 Å². The Morgan fingerprint density at radius 1 is 1.14 bits per heavy atom. The Hall–Kier alpha value is -3.28. The number of nitrogens with one attached hydrogen (secondary N) is 1. The van der Waals surface area contributed by atoms with Crippen LogP contribution in [0.25, 0.3) is 6.08 Å². The minimum Gasteiger partial charge on any atom is -0.454 e. The van der Waals surface area contributed by atoms with E-state index in [0.717, 1.165) is 23.1 Å². The maximum atomic E-state index is 12.1. The van der Waals surface area contributed by atoms with Crippen LogP contribution in [0.5, 0.6) is 11.5 Å². The lowest BCUT2D eigenvalue weighted by Gasteiger charge is -2.17. The third-order valence-corrected chi connectivity index (χ3v) is 4.38. The molecule has 6 nitrogen and oxygen atoms in total. The number of hydrogen-bond donors (Lipinski definition) is 1. The third-order valence-electron chi connectivity index (χ3n) is 4.38. The fourth-order valence-electron chi connectivity index (χ4n) is 2.82. The van der Waals surface area contributed by atoms with E-state index in [2.05, 4.69) is 5.32 Å². The summed E-state index contributed by atoms with van der Waals surface area (Å²) < 4.78 is 15.6. The van der Waals surface area contributed by atoms with Crippen LogP contribution >= 0.6 is 0 Å². The molecular weight excluding hydrogens is 358 g/mol.